The summed E-state index contributed by atoms with van der Waals surface area (Å²) in [7, 11) is 0. The molecule has 0 fully saturated rings. The van der Waals surface area contributed by atoms with Gasteiger partial charge in [-0.3, -0.25) is 4.57 Å². The highest BCUT2D eigenvalue weighted by Gasteiger charge is 2.26. The molecule has 0 saturated heterocycles. The molecular formula is C52H30N4O. The molecule has 0 aliphatic carbocycles. The molecule has 5 heterocycles. The van der Waals surface area contributed by atoms with Crippen LogP contribution in [0.2, 0.25) is 0 Å². The van der Waals surface area contributed by atoms with Crippen molar-refractivity contribution in [1.82, 2.24) is 18.9 Å². The average Bonchev–Trinajstić information content (AvgIpc) is 4.02. The monoisotopic (exact) mass is 726 g/mol. The highest BCUT2D eigenvalue weighted by molar-refractivity contribution is 6.35. The summed E-state index contributed by atoms with van der Waals surface area (Å²) >= 11 is 0. The lowest BCUT2D eigenvalue weighted by atomic mass is 9.99. The van der Waals surface area contributed by atoms with Gasteiger partial charge in [-0.15, -0.1) is 0 Å². The van der Waals surface area contributed by atoms with E-state index in [9.17, 15) is 0 Å². The second-order valence-corrected chi connectivity index (χ2v) is 14.9. The predicted octanol–water partition coefficient (Wildman–Crippen LogP) is 13.6. The van der Waals surface area contributed by atoms with Crippen LogP contribution in [0.5, 0.6) is 0 Å². The van der Waals surface area contributed by atoms with Crippen LogP contribution in [-0.2, 0) is 0 Å². The fourth-order valence-corrected chi connectivity index (χ4v) is 9.41. The van der Waals surface area contributed by atoms with E-state index in [-0.39, 0.29) is 0 Å². The third-order valence-electron chi connectivity index (χ3n) is 11.9. The summed E-state index contributed by atoms with van der Waals surface area (Å²) in [6, 6.07) is 64.7. The van der Waals surface area contributed by atoms with Crippen LogP contribution in [0.4, 0.5) is 0 Å². The van der Waals surface area contributed by atoms with Crippen LogP contribution < -0.4 is 0 Å². The Balaban J connectivity index is 1.18. The minimum Gasteiger partial charge on any atom is -0.437 e. The Hall–Kier alpha value is -7.76. The zero-order chi connectivity index (χ0) is 37.2. The fourth-order valence-electron chi connectivity index (χ4n) is 9.41. The lowest BCUT2D eigenvalue weighted by Gasteiger charge is -2.11. The summed E-state index contributed by atoms with van der Waals surface area (Å²) in [5.41, 5.74) is 13.6. The molecule has 0 spiro atoms. The normalized spacial score (nSPS) is 12.2. The molecule has 5 nitrogen and oxygen atoms in total. The molecule has 13 aromatic rings. The predicted molar refractivity (Wildman–Crippen MR) is 235 cm³/mol. The van der Waals surface area contributed by atoms with E-state index >= 15 is 0 Å². The molecule has 0 saturated carbocycles. The minimum atomic E-state index is 0.562. The molecule has 8 aromatic carbocycles. The van der Waals surface area contributed by atoms with Crippen molar-refractivity contribution in [2.75, 3.05) is 0 Å². The molecule has 0 radical (unpaired) electrons. The van der Waals surface area contributed by atoms with Crippen LogP contribution in [0.3, 0.4) is 0 Å². The van der Waals surface area contributed by atoms with Gasteiger partial charge in [-0.25, -0.2) is 4.98 Å². The van der Waals surface area contributed by atoms with Crippen molar-refractivity contribution < 1.29 is 4.42 Å². The summed E-state index contributed by atoms with van der Waals surface area (Å²) in [6.07, 6.45) is 0. The highest BCUT2D eigenvalue weighted by atomic mass is 16.3. The molecule has 0 bridgehead atoms. The second-order valence-electron chi connectivity index (χ2n) is 14.9. The summed E-state index contributed by atoms with van der Waals surface area (Å²) in [5.74, 6) is 0.567. The van der Waals surface area contributed by atoms with E-state index in [1.807, 2.05) is 24.3 Å². The van der Waals surface area contributed by atoms with Gasteiger partial charge in [-0.05, 0) is 58.7 Å². The van der Waals surface area contributed by atoms with Gasteiger partial charge in [-0.2, -0.15) is 4.98 Å². The number of nitrogens with zero attached hydrogens (tertiary/aromatic N) is 4. The van der Waals surface area contributed by atoms with Gasteiger partial charge >= 0.3 is 0 Å². The Morgan fingerprint density at radius 2 is 0.965 bits per heavy atom. The molecule has 57 heavy (non-hydrogen) atoms. The minimum absolute atomic E-state index is 0.562. The summed E-state index contributed by atoms with van der Waals surface area (Å²) in [4.78, 5) is 10.9. The number of para-hydroxylation sites is 3. The van der Waals surface area contributed by atoms with Crippen LogP contribution in [0.15, 0.2) is 186 Å². The second kappa shape index (κ2) is 11.4. The number of aromatic nitrogens is 4. The van der Waals surface area contributed by atoms with Gasteiger partial charge in [-0.1, -0.05) is 146 Å². The number of hydrogen-bond donors (Lipinski definition) is 0. The van der Waals surface area contributed by atoms with E-state index in [0.717, 1.165) is 55.2 Å². The van der Waals surface area contributed by atoms with Gasteiger partial charge in [0.05, 0.1) is 38.7 Å². The number of fused-ring (bicyclic) bond motifs is 13. The first-order valence-electron chi connectivity index (χ1n) is 19.3. The standard InChI is InChI=1S/C52H30N4O/c1-3-13-31(14-4-1)33-23-25-34(26-24-33)49-48-38-19-9-12-22-45(38)57-51(48)54-52(53-49)56-43-28-27-35(32-15-5-2-6-16-32)29-40(43)46-44(56)30-39-36-17-7-10-20-41(36)55-42-21-11-8-18-37(42)47(46)50(39)55/h1-30H. The largest absolute Gasteiger partial charge is 0.437 e. The van der Waals surface area contributed by atoms with Crippen LogP contribution in [-0.4, -0.2) is 18.9 Å². The van der Waals surface area contributed by atoms with Crippen molar-refractivity contribution in [3.8, 4) is 39.5 Å². The molecule has 0 aliphatic rings. The zero-order valence-electron chi connectivity index (χ0n) is 30.5. The van der Waals surface area contributed by atoms with Gasteiger partial charge < -0.3 is 8.82 Å². The maximum Gasteiger partial charge on any atom is 0.238 e. The van der Waals surface area contributed by atoms with Gasteiger partial charge in [0.15, 0.2) is 0 Å². The molecule has 0 N–H and O–H groups in total. The average molecular weight is 727 g/mol. The Bertz CT molecular complexity index is 3730. The molecule has 0 unspecified atom stereocenters. The van der Waals surface area contributed by atoms with Gasteiger partial charge in [0.1, 0.15) is 5.58 Å². The quantitative estimate of drug-likeness (QED) is 0.181. The van der Waals surface area contributed by atoms with Crippen molar-refractivity contribution in [3.05, 3.63) is 182 Å². The third-order valence-corrected chi connectivity index (χ3v) is 11.9. The van der Waals surface area contributed by atoms with Crippen molar-refractivity contribution >= 4 is 82.0 Å². The highest BCUT2D eigenvalue weighted by Crippen LogP contribution is 2.47. The van der Waals surface area contributed by atoms with E-state index in [1.54, 1.807) is 0 Å². The van der Waals surface area contributed by atoms with Gasteiger partial charge in [0, 0.05) is 43.3 Å². The Kier molecular flexibility index (Phi) is 6.10. The van der Waals surface area contributed by atoms with Crippen LogP contribution in [0, 0.1) is 0 Å². The van der Waals surface area contributed by atoms with E-state index < -0.39 is 0 Å². The van der Waals surface area contributed by atoms with Gasteiger partial charge in [0.2, 0.25) is 11.7 Å². The maximum atomic E-state index is 6.59. The van der Waals surface area contributed by atoms with Crippen LogP contribution in [0.25, 0.3) is 121 Å². The van der Waals surface area contributed by atoms with Crippen molar-refractivity contribution in [3.63, 3.8) is 0 Å². The number of benzene rings is 8. The van der Waals surface area contributed by atoms with Crippen molar-refractivity contribution in [1.29, 1.82) is 0 Å². The molecular weight excluding hydrogens is 697 g/mol. The maximum absolute atomic E-state index is 6.59. The number of rotatable bonds is 4. The molecule has 0 atom stereocenters. The van der Waals surface area contributed by atoms with E-state index in [4.69, 9.17) is 14.4 Å². The SMILES string of the molecule is c1ccc(-c2ccc(-c3nc(-n4c5ccc(-c6ccccc6)cc5c5c6c7ccccc7n7c8ccccc8c(cc54)c67)nc4oc5ccccc5c34)cc2)cc1. The summed E-state index contributed by atoms with van der Waals surface area (Å²) < 4.78 is 11.3. The number of furan rings is 1. The van der Waals surface area contributed by atoms with E-state index in [0.29, 0.717) is 11.7 Å². The first-order chi connectivity index (χ1) is 28.3. The van der Waals surface area contributed by atoms with Gasteiger partial charge in [0.25, 0.3) is 0 Å². The summed E-state index contributed by atoms with van der Waals surface area (Å²) in [6.45, 7) is 0. The molecule has 5 heteroatoms. The zero-order valence-corrected chi connectivity index (χ0v) is 30.5. The van der Waals surface area contributed by atoms with Crippen LogP contribution >= 0.6 is 0 Å². The molecule has 264 valence electrons. The lowest BCUT2D eigenvalue weighted by molar-refractivity contribution is 0.651. The first kappa shape index (κ1) is 30.6. The van der Waals surface area contributed by atoms with Crippen molar-refractivity contribution in [2.45, 2.75) is 0 Å². The van der Waals surface area contributed by atoms with Crippen LogP contribution in [0.1, 0.15) is 0 Å². The van der Waals surface area contributed by atoms with E-state index in [1.165, 1.54) is 54.6 Å². The van der Waals surface area contributed by atoms with E-state index in [2.05, 4.69) is 167 Å². The molecule has 0 aliphatic heterocycles. The molecule has 0 amide bonds. The smallest absolute Gasteiger partial charge is 0.238 e. The summed E-state index contributed by atoms with van der Waals surface area (Å²) in [5, 5.41) is 9.14. The van der Waals surface area contributed by atoms with Crippen molar-refractivity contribution in [2.24, 2.45) is 0 Å². The first-order valence-corrected chi connectivity index (χ1v) is 19.3. The molecule has 5 aromatic heterocycles. The Morgan fingerprint density at radius 1 is 0.368 bits per heavy atom. The Labute approximate surface area is 325 Å². The fraction of sp³-hybridized carbons (Fsp3) is 0. The molecule has 13 rings (SSSR count). The number of hydrogen-bond acceptors (Lipinski definition) is 3. The topological polar surface area (TPSA) is 48.3 Å². The third kappa shape index (κ3) is 4.23. The Morgan fingerprint density at radius 3 is 1.74 bits per heavy atom. The lowest BCUT2D eigenvalue weighted by Crippen LogP contribution is -2.03.